The normalized spacial score (nSPS) is 20.7. The number of likely N-dealkylation sites (tertiary alicyclic amines) is 1. The highest BCUT2D eigenvalue weighted by atomic mass is 15.1. The molecule has 0 aliphatic carbocycles. The molecule has 2 aromatic rings. The van der Waals surface area contributed by atoms with E-state index in [9.17, 15) is 0 Å². The van der Waals surface area contributed by atoms with Crippen LogP contribution in [-0.4, -0.2) is 44.1 Å². The minimum absolute atomic E-state index is 0.459. The topological polar surface area (TPSA) is 72.9 Å². The zero-order valence-electron chi connectivity index (χ0n) is 12.7. The first-order valence-electron chi connectivity index (χ1n) is 7.87. The monoisotopic (exact) mass is 288 g/mol. The highest BCUT2D eigenvalue weighted by molar-refractivity contribution is 5.80. The van der Waals surface area contributed by atoms with Crippen LogP contribution in [0.1, 0.15) is 32.6 Å². The molecule has 1 fully saturated rings. The summed E-state index contributed by atoms with van der Waals surface area (Å²) < 4.78 is 2.08. The Morgan fingerprint density at radius 2 is 2.10 bits per heavy atom. The maximum Gasteiger partial charge on any atom is 0.165 e. The summed E-state index contributed by atoms with van der Waals surface area (Å²) in [6.45, 7) is 6.92. The lowest BCUT2D eigenvalue weighted by molar-refractivity contribution is 0.273. The molecule has 6 heteroatoms. The van der Waals surface area contributed by atoms with Gasteiger partial charge in [-0.2, -0.15) is 0 Å². The molecule has 0 aromatic carbocycles. The molecule has 2 N–H and O–H groups in total. The van der Waals surface area contributed by atoms with Crippen molar-refractivity contribution in [3.05, 3.63) is 12.7 Å². The lowest BCUT2D eigenvalue weighted by Crippen LogP contribution is -2.26. The quantitative estimate of drug-likeness (QED) is 0.930. The van der Waals surface area contributed by atoms with Gasteiger partial charge in [-0.15, -0.1) is 0 Å². The van der Waals surface area contributed by atoms with E-state index in [0.29, 0.717) is 11.3 Å². The largest absolute Gasteiger partial charge is 0.382 e. The number of fused-ring (bicyclic) bond motifs is 1. The fraction of sp³-hybridized carbons (Fsp3) is 0.667. The van der Waals surface area contributed by atoms with Gasteiger partial charge in [-0.05, 0) is 51.2 Å². The standard InChI is InChI=1S/C15H24N6/c1-12-4-2-6-20(9-5-12)7-3-8-21-11-19-13-14(16)17-10-18-15(13)21/h10-12H,2-9H2,1H3,(H2,16,17,18). The van der Waals surface area contributed by atoms with Crippen LogP contribution in [0.5, 0.6) is 0 Å². The molecule has 114 valence electrons. The van der Waals surface area contributed by atoms with Crippen LogP contribution in [0.15, 0.2) is 12.7 Å². The molecule has 1 aliphatic rings. The predicted octanol–water partition coefficient (Wildman–Crippen LogP) is 1.92. The van der Waals surface area contributed by atoms with Crippen LogP contribution in [0.2, 0.25) is 0 Å². The number of aromatic nitrogens is 4. The molecule has 3 rings (SSSR count). The number of nitrogens with two attached hydrogens (primary N) is 1. The summed E-state index contributed by atoms with van der Waals surface area (Å²) in [5.41, 5.74) is 7.36. The van der Waals surface area contributed by atoms with Crippen LogP contribution in [0.4, 0.5) is 5.82 Å². The average molecular weight is 288 g/mol. The first kappa shape index (κ1) is 14.3. The molecule has 6 nitrogen and oxygen atoms in total. The Morgan fingerprint density at radius 3 is 3.00 bits per heavy atom. The number of aryl methyl sites for hydroxylation is 1. The average Bonchev–Trinajstić information content (AvgIpc) is 2.77. The molecule has 3 heterocycles. The third-order valence-electron chi connectivity index (χ3n) is 4.41. The van der Waals surface area contributed by atoms with E-state index >= 15 is 0 Å². The second-order valence-corrected chi connectivity index (χ2v) is 6.10. The number of hydrogen-bond donors (Lipinski definition) is 1. The fourth-order valence-electron chi connectivity index (χ4n) is 3.07. The molecule has 0 amide bonds. The number of hydrogen-bond acceptors (Lipinski definition) is 5. The number of nitrogen functional groups attached to an aromatic ring is 1. The Labute approximate surface area is 125 Å². The third-order valence-corrected chi connectivity index (χ3v) is 4.41. The van der Waals surface area contributed by atoms with E-state index in [1.165, 1.54) is 38.7 Å². The number of nitrogens with zero attached hydrogens (tertiary/aromatic N) is 5. The Kier molecular flexibility index (Phi) is 4.34. The molecule has 21 heavy (non-hydrogen) atoms. The lowest BCUT2D eigenvalue weighted by atomic mass is 10.0. The van der Waals surface area contributed by atoms with Crippen molar-refractivity contribution in [2.24, 2.45) is 5.92 Å². The summed E-state index contributed by atoms with van der Waals surface area (Å²) in [6, 6.07) is 0. The summed E-state index contributed by atoms with van der Waals surface area (Å²) in [5, 5.41) is 0. The summed E-state index contributed by atoms with van der Waals surface area (Å²) in [7, 11) is 0. The van der Waals surface area contributed by atoms with Gasteiger partial charge in [-0.3, -0.25) is 0 Å². The lowest BCUT2D eigenvalue weighted by Gasteiger charge is -2.19. The maximum atomic E-state index is 5.81. The first-order chi connectivity index (χ1) is 10.2. The van der Waals surface area contributed by atoms with Gasteiger partial charge in [0.15, 0.2) is 11.5 Å². The van der Waals surface area contributed by atoms with Gasteiger partial charge in [0.05, 0.1) is 6.33 Å². The van der Waals surface area contributed by atoms with E-state index in [-0.39, 0.29) is 0 Å². The predicted molar refractivity (Wildman–Crippen MR) is 83.8 cm³/mol. The Hall–Kier alpha value is -1.69. The maximum absolute atomic E-state index is 5.81. The Morgan fingerprint density at radius 1 is 1.19 bits per heavy atom. The van der Waals surface area contributed by atoms with Crippen molar-refractivity contribution < 1.29 is 0 Å². The van der Waals surface area contributed by atoms with E-state index in [4.69, 9.17) is 5.73 Å². The van der Waals surface area contributed by atoms with Gasteiger partial charge in [0.1, 0.15) is 11.8 Å². The molecule has 0 radical (unpaired) electrons. The van der Waals surface area contributed by atoms with Crippen molar-refractivity contribution in [2.75, 3.05) is 25.4 Å². The second-order valence-electron chi connectivity index (χ2n) is 6.10. The van der Waals surface area contributed by atoms with E-state index in [1.54, 1.807) is 0 Å². The summed E-state index contributed by atoms with van der Waals surface area (Å²) in [6.07, 6.45) is 8.48. The fourth-order valence-corrected chi connectivity index (χ4v) is 3.07. The van der Waals surface area contributed by atoms with Gasteiger partial charge in [0.2, 0.25) is 0 Å². The first-order valence-corrected chi connectivity index (χ1v) is 7.87. The Balaban J connectivity index is 1.56. The molecule has 1 aliphatic heterocycles. The second kappa shape index (κ2) is 6.39. The van der Waals surface area contributed by atoms with Crippen molar-refractivity contribution in [3.8, 4) is 0 Å². The van der Waals surface area contributed by atoms with Crippen molar-refractivity contribution >= 4 is 17.0 Å². The minimum Gasteiger partial charge on any atom is -0.382 e. The number of imidazole rings is 1. The van der Waals surface area contributed by atoms with E-state index < -0.39 is 0 Å². The number of rotatable bonds is 4. The molecular formula is C15H24N6. The molecule has 0 bridgehead atoms. The van der Waals surface area contributed by atoms with Gasteiger partial charge < -0.3 is 15.2 Å². The van der Waals surface area contributed by atoms with Crippen molar-refractivity contribution in [3.63, 3.8) is 0 Å². The summed E-state index contributed by atoms with van der Waals surface area (Å²) in [5.74, 6) is 1.34. The highest BCUT2D eigenvalue weighted by Gasteiger charge is 2.13. The number of anilines is 1. The molecule has 2 aromatic heterocycles. The minimum atomic E-state index is 0.459. The van der Waals surface area contributed by atoms with Crippen molar-refractivity contribution in [2.45, 2.75) is 39.2 Å². The van der Waals surface area contributed by atoms with Crippen LogP contribution < -0.4 is 5.73 Å². The van der Waals surface area contributed by atoms with E-state index in [1.807, 2.05) is 6.33 Å². The smallest absolute Gasteiger partial charge is 0.165 e. The van der Waals surface area contributed by atoms with Gasteiger partial charge in [-0.1, -0.05) is 6.92 Å². The summed E-state index contributed by atoms with van der Waals surface area (Å²) in [4.78, 5) is 15.2. The van der Waals surface area contributed by atoms with Crippen LogP contribution >= 0.6 is 0 Å². The van der Waals surface area contributed by atoms with Crippen molar-refractivity contribution in [1.29, 1.82) is 0 Å². The van der Waals surface area contributed by atoms with Gasteiger partial charge in [0.25, 0.3) is 0 Å². The molecule has 1 saturated heterocycles. The van der Waals surface area contributed by atoms with Gasteiger partial charge >= 0.3 is 0 Å². The van der Waals surface area contributed by atoms with Crippen molar-refractivity contribution in [1.82, 2.24) is 24.4 Å². The van der Waals surface area contributed by atoms with Gasteiger partial charge in [0, 0.05) is 6.54 Å². The third kappa shape index (κ3) is 3.32. The molecule has 0 saturated carbocycles. The SMILES string of the molecule is CC1CCCN(CCCn2cnc3c(N)ncnc32)CC1. The van der Waals surface area contributed by atoms with Crippen LogP contribution in [0.3, 0.4) is 0 Å². The van der Waals surface area contributed by atoms with Crippen LogP contribution in [-0.2, 0) is 6.54 Å². The molecule has 1 atom stereocenters. The van der Waals surface area contributed by atoms with E-state index in [2.05, 4.69) is 31.3 Å². The molecule has 1 unspecified atom stereocenters. The molecular weight excluding hydrogens is 264 g/mol. The van der Waals surface area contributed by atoms with Gasteiger partial charge in [-0.25, -0.2) is 15.0 Å². The molecule has 0 spiro atoms. The van der Waals surface area contributed by atoms with Crippen LogP contribution in [0, 0.1) is 5.92 Å². The summed E-state index contributed by atoms with van der Waals surface area (Å²) >= 11 is 0. The van der Waals surface area contributed by atoms with E-state index in [0.717, 1.165) is 31.1 Å². The zero-order valence-corrected chi connectivity index (χ0v) is 12.7. The van der Waals surface area contributed by atoms with Crippen LogP contribution in [0.25, 0.3) is 11.2 Å². The zero-order chi connectivity index (χ0) is 14.7. The Bertz CT molecular complexity index is 593. The highest BCUT2D eigenvalue weighted by Crippen LogP contribution is 2.17.